The van der Waals surface area contributed by atoms with Gasteiger partial charge in [0.1, 0.15) is 0 Å². The van der Waals surface area contributed by atoms with Crippen LogP contribution < -0.4 is 5.56 Å². The topological polar surface area (TPSA) is 51.5 Å². The highest BCUT2D eigenvalue weighted by Gasteiger charge is 2.34. The number of nitrogens with zero attached hydrogens (tertiary/aromatic N) is 2. The van der Waals surface area contributed by atoms with E-state index in [0.717, 1.165) is 11.3 Å². The van der Waals surface area contributed by atoms with Gasteiger partial charge in [-0.15, -0.1) is 22.7 Å². The van der Waals surface area contributed by atoms with Gasteiger partial charge in [0, 0.05) is 42.2 Å². The van der Waals surface area contributed by atoms with Crippen LogP contribution in [-0.2, 0) is 17.7 Å². The number of ether oxygens (including phenoxy) is 1. The Kier molecular flexibility index (Phi) is 5.24. The van der Waals surface area contributed by atoms with E-state index in [0.29, 0.717) is 25.3 Å². The third-order valence-corrected chi connectivity index (χ3v) is 6.73. The summed E-state index contributed by atoms with van der Waals surface area (Å²) in [6.07, 6.45) is 2.52. The van der Waals surface area contributed by atoms with Crippen molar-refractivity contribution in [3.05, 3.63) is 78.5 Å². The van der Waals surface area contributed by atoms with Gasteiger partial charge in [-0.1, -0.05) is 6.07 Å². The average molecular weight is 401 g/mol. The Morgan fingerprint density at radius 1 is 1.22 bits per heavy atom. The highest BCUT2D eigenvalue weighted by Crippen LogP contribution is 2.40. The normalized spacial score (nSPS) is 16.3. The molecule has 0 aromatic carbocycles. The van der Waals surface area contributed by atoms with Crippen molar-refractivity contribution in [1.82, 2.24) is 9.47 Å². The Morgan fingerprint density at radius 3 is 2.89 bits per heavy atom. The summed E-state index contributed by atoms with van der Waals surface area (Å²) in [4.78, 5) is 29.8. The van der Waals surface area contributed by atoms with Crippen LogP contribution in [0.3, 0.4) is 0 Å². The number of pyridine rings is 1. The largest absolute Gasteiger partial charge is 0.383 e. The fraction of sp³-hybridized carbons (Fsp3) is 0.300. The number of amides is 1. The van der Waals surface area contributed by atoms with Gasteiger partial charge in [0.25, 0.3) is 11.5 Å². The van der Waals surface area contributed by atoms with E-state index >= 15 is 0 Å². The molecule has 1 aliphatic rings. The van der Waals surface area contributed by atoms with E-state index in [2.05, 4.69) is 17.5 Å². The number of hydrogen-bond acceptors (Lipinski definition) is 5. The van der Waals surface area contributed by atoms with Crippen LogP contribution in [0.2, 0.25) is 0 Å². The van der Waals surface area contributed by atoms with Crippen LogP contribution in [0.4, 0.5) is 0 Å². The van der Waals surface area contributed by atoms with Crippen LogP contribution in [0.15, 0.2) is 52.1 Å². The molecule has 4 rings (SSSR count). The Hall–Kier alpha value is -2.22. The molecular formula is C20H20N2O3S2. The molecule has 1 amide bonds. The maximum absolute atomic E-state index is 13.4. The molecule has 1 atom stereocenters. The van der Waals surface area contributed by atoms with Gasteiger partial charge >= 0.3 is 0 Å². The Balaban J connectivity index is 1.70. The number of carbonyl (C=O) groups excluding carboxylic acids is 1. The lowest BCUT2D eigenvalue weighted by atomic mass is 9.97. The van der Waals surface area contributed by atoms with E-state index in [1.807, 2.05) is 16.3 Å². The number of aromatic nitrogens is 1. The lowest BCUT2D eigenvalue weighted by Crippen LogP contribution is -2.40. The second-order valence-corrected chi connectivity index (χ2v) is 8.39. The quantitative estimate of drug-likeness (QED) is 0.660. The summed E-state index contributed by atoms with van der Waals surface area (Å²) < 4.78 is 6.60. The fourth-order valence-corrected chi connectivity index (χ4v) is 5.24. The minimum absolute atomic E-state index is 0.0450. The molecule has 1 aliphatic heterocycles. The van der Waals surface area contributed by atoms with Crippen molar-refractivity contribution in [3.63, 3.8) is 0 Å². The number of rotatable bonds is 5. The van der Waals surface area contributed by atoms with Crippen molar-refractivity contribution in [2.24, 2.45) is 0 Å². The second-order valence-electron chi connectivity index (χ2n) is 6.41. The van der Waals surface area contributed by atoms with E-state index in [9.17, 15) is 9.59 Å². The highest BCUT2D eigenvalue weighted by molar-refractivity contribution is 7.10. The van der Waals surface area contributed by atoms with Crippen molar-refractivity contribution in [2.75, 3.05) is 20.3 Å². The van der Waals surface area contributed by atoms with E-state index in [-0.39, 0.29) is 17.5 Å². The van der Waals surface area contributed by atoms with E-state index in [1.54, 1.807) is 42.0 Å². The summed E-state index contributed by atoms with van der Waals surface area (Å²) in [5.74, 6) is -0.0450. The lowest BCUT2D eigenvalue weighted by molar-refractivity contribution is 0.0697. The van der Waals surface area contributed by atoms with Gasteiger partial charge in [-0.2, -0.15) is 0 Å². The average Bonchev–Trinajstić information content (AvgIpc) is 3.37. The zero-order valence-electron chi connectivity index (χ0n) is 15.0. The molecule has 0 aliphatic carbocycles. The maximum atomic E-state index is 13.4. The van der Waals surface area contributed by atoms with Gasteiger partial charge in [0.2, 0.25) is 0 Å². The van der Waals surface area contributed by atoms with Crippen LogP contribution >= 0.6 is 22.7 Å². The number of fused-ring (bicyclic) bond motifs is 1. The molecule has 0 saturated heterocycles. The molecule has 4 heterocycles. The van der Waals surface area contributed by atoms with Crippen LogP contribution in [0.1, 0.15) is 31.7 Å². The van der Waals surface area contributed by atoms with Crippen molar-refractivity contribution in [2.45, 2.75) is 19.0 Å². The predicted molar refractivity (Wildman–Crippen MR) is 108 cm³/mol. The third kappa shape index (κ3) is 3.50. The minimum Gasteiger partial charge on any atom is -0.383 e. The molecule has 3 aromatic rings. The van der Waals surface area contributed by atoms with Crippen molar-refractivity contribution in [3.8, 4) is 0 Å². The summed E-state index contributed by atoms with van der Waals surface area (Å²) in [6, 6.07) is 9.26. The van der Waals surface area contributed by atoms with Gasteiger partial charge in [0.15, 0.2) is 0 Å². The monoisotopic (exact) mass is 400 g/mol. The zero-order valence-corrected chi connectivity index (χ0v) is 16.6. The molecule has 0 spiro atoms. The second kappa shape index (κ2) is 7.80. The SMILES string of the molecule is COCCn1cc(C(=O)N2CCc3sccc3C2c2cccs2)ccc1=O. The number of hydrogen-bond donors (Lipinski definition) is 0. The molecule has 140 valence electrons. The molecule has 5 nitrogen and oxygen atoms in total. The molecule has 27 heavy (non-hydrogen) atoms. The molecule has 0 fully saturated rings. The first-order chi connectivity index (χ1) is 13.2. The molecule has 3 aromatic heterocycles. The summed E-state index contributed by atoms with van der Waals surface area (Å²) >= 11 is 3.43. The number of carbonyl (C=O) groups is 1. The first kappa shape index (κ1) is 18.2. The van der Waals surface area contributed by atoms with Crippen LogP contribution in [-0.4, -0.2) is 35.6 Å². The molecule has 7 heteroatoms. The maximum Gasteiger partial charge on any atom is 0.256 e. The highest BCUT2D eigenvalue weighted by atomic mass is 32.1. The lowest BCUT2D eigenvalue weighted by Gasteiger charge is -2.35. The standard InChI is InChI=1S/C20H20N2O3S2/c1-25-10-9-21-13-14(4-5-18(21)23)20(24)22-8-6-16-15(7-12-27-16)19(22)17-3-2-11-26-17/h2-5,7,11-13,19H,6,8-10H2,1H3. The molecule has 0 radical (unpaired) electrons. The molecule has 0 N–H and O–H groups in total. The Labute approximate surface area is 165 Å². The van der Waals surface area contributed by atoms with Crippen LogP contribution in [0, 0.1) is 0 Å². The Morgan fingerprint density at radius 2 is 2.11 bits per heavy atom. The predicted octanol–water partition coefficient (Wildman–Crippen LogP) is 3.41. The zero-order chi connectivity index (χ0) is 18.8. The van der Waals surface area contributed by atoms with E-state index < -0.39 is 0 Å². The summed E-state index contributed by atoms with van der Waals surface area (Å²) in [7, 11) is 1.60. The van der Waals surface area contributed by atoms with Crippen molar-refractivity contribution >= 4 is 28.6 Å². The van der Waals surface area contributed by atoms with E-state index in [1.165, 1.54) is 21.1 Å². The summed E-state index contributed by atoms with van der Waals surface area (Å²) in [6.45, 7) is 1.53. The first-order valence-corrected chi connectivity index (χ1v) is 10.5. The smallest absolute Gasteiger partial charge is 0.256 e. The molecule has 0 bridgehead atoms. The van der Waals surface area contributed by atoms with Crippen LogP contribution in [0.25, 0.3) is 0 Å². The van der Waals surface area contributed by atoms with Crippen molar-refractivity contribution < 1.29 is 9.53 Å². The minimum atomic E-state index is -0.128. The summed E-state index contributed by atoms with van der Waals surface area (Å²) in [5, 5.41) is 4.15. The summed E-state index contributed by atoms with van der Waals surface area (Å²) in [5.41, 5.74) is 1.62. The first-order valence-electron chi connectivity index (χ1n) is 8.79. The molecular weight excluding hydrogens is 380 g/mol. The van der Waals surface area contributed by atoms with Crippen molar-refractivity contribution in [1.29, 1.82) is 0 Å². The number of methoxy groups -OCH3 is 1. The number of thiophene rings is 2. The third-order valence-electron chi connectivity index (χ3n) is 4.81. The van der Waals surface area contributed by atoms with E-state index in [4.69, 9.17) is 4.74 Å². The van der Waals surface area contributed by atoms with Gasteiger partial charge in [0.05, 0.1) is 18.2 Å². The molecule has 1 unspecified atom stereocenters. The van der Waals surface area contributed by atoms with Gasteiger partial charge < -0.3 is 14.2 Å². The Bertz CT molecular complexity index is 991. The van der Waals surface area contributed by atoms with Crippen LogP contribution in [0.5, 0.6) is 0 Å². The fourth-order valence-electron chi connectivity index (χ4n) is 3.48. The van der Waals surface area contributed by atoms with Gasteiger partial charge in [-0.3, -0.25) is 9.59 Å². The van der Waals surface area contributed by atoms with Gasteiger partial charge in [-0.05, 0) is 40.9 Å². The van der Waals surface area contributed by atoms with Gasteiger partial charge in [-0.25, -0.2) is 0 Å². The molecule has 0 saturated carbocycles.